The van der Waals surface area contributed by atoms with Gasteiger partial charge in [0.25, 0.3) is 0 Å². The summed E-state index contributed by atoms with van der Waals surface area (Å²) >= 11 is 0. The van der Waals surface area contributed by atoms with Crippen LogP contribution in [0.2, 0.25) is 0 Å². The van der Waals surface area contributed by atoms with E-state index in [4.69, 9.17) is 4.98 Å². The number of pyridine rings is 1. The van der Waals surface area contributed by atoms with Crippen LogP contribution >= 0.6 is 0 Å². The van der Waals surface area contributed by atoms with Gasteiger partial charge < -0.3 is 4.90 Å². The Balaban J connectivity index is 1.42. The molecule has 0 saturated heterocycles. The van der Waals surface area contributed by atoms with Crippen molar-refractivity contribution in [1.29, 1.82) is 0 Å². The minimum atomic E-state index is 0.919. The maximum atomic E-state index is 5.14. The standard InChI is InChI=1S/C47H43N3/c1-28-9-17-38(25-32(28)5)49(39-18-10-29(2)33(6)26-39)43-22-15-36-14-21-42-44(23-16-37-13-20-41(43)46(36)47(37)42)50(40-19-11-30(3)34(7)27-40)45-24-12-31(4)35(8)48-45/h9-27H,1-8H3. The van der Waals surface area contributed by atoms with Gasteiger partial charge in [0, 0.05) is 33.5 Å². The van der Waals surface area contributed by atoms with E-state index in [1.807, 2.05) is 0 Å². The van der Waals surface area contributed by atoms with Crippen LogP contribution in [0.3, 0.4) is 0 Å². The summed E-state index contributed by atoms with van der Waals surface area (Å²) in [4.78, 5) is 9.91. The van der Waals surface area contributed by atoms with E-state index in [1.54, 1.807) is 0 Å². The lowest BCUT2D eigenvalue weighted by Crippen LogP contribution is -2.13. The van der Waals surface area contributed by atoms with Crippen LogP contribution in [0.5, 0.6) is 0 Å². The molecule has 8 aromatic rings. The van der Waals surface area contributed by atoms with Gasteiger partial charge in [0.15, 0.2) is 0 Å². The fourth-order valence-corrected chi connectivity index (χ4v) is 7.32. The van der Waals surface area contributed by atoms with E-state index < -0.39 is 0 Å². The van der Waals surface area contributed by atoms with Crippen LogP contribution in [-0.2, 0) is 0 Å². The maximum Gasteiger partial charge on any atom is 0.137 e. The Morgan fingerprint density at radius 2 is 0.760 bits per heavy atom. The van der Waals surface area contributed by atoms with Crippen LogP contribution in [0, 0.1) is 55.4 Å². The third-order valence-corrected chi connectivity index (χ3v) is 10.9. The van der Waals surface area contributed by atoms with E-state index >= 15 is 0 Å². The lowest BCUT2D eigenvalue weighted by Gasteiger charge is -2.30. The Morgan fingerprint density at radius 1 is 0.360 bits per heavy atom. The van der Waals surface area contributed by atoms with Gasteiger partial charge in [0.1, 0.15) is 5.82 Å². The second-order valence-electron chi connectivity index (χ2n) is 14.1. The average molecular weight is 650 g/mol. The maximum absolute atomic E-state index is 5.14. The molecule has 0 bridgehead atoms. The second kappa shape index (κ2) is 12.0. The second-order valence-corrected chi connectivity index (χ2v) is 14.1. The third kappa shape index (κ3) is 5.16. The number of rotatable bonds is 6. The zero-order valence-corrected chi connectivity index (χ0v) is 30.3. The van der Waals surface area contributed by atoms with Gasteiger partial charge in [0.05, 0.1) is 11.4 Å². The van der Waals surface area contributed by atoms with Gasteiger partial charge in [0.2, 0.25) is 0 Å². The van der Waals surface area contributed by atoms with E-state index in [-0.39, 0.29) is 0 Å². The summed E-state index contributed by atoms with van der Waals surface area (Å²) in [6, 6.07) is 43.0. The van der Waals surface area contributed by atoms with Crippen molar-refractivity contribution in [3.8, 4) is 0 Å². The molecule has 0 unspecified atom stereocenters. The van der Waals surface area contributed by atoms with Crippen molar-refractivity contribution in [3.63, 3.8) is 0 Å². The predicted octanol–water partition coefficient (Wildman–Crippen LogP) is 13.4. The molecule has 3 nitrogen and oxygen atoms in total. The van der Waals surface area contributed by atoms with Gasteiger partial charge in [-0.2, -0.15) is 0 Å². The molecule has 0 aliphatic rings. The predicted molar refractivity (Wildman–Crippen MR) is 215 cm³/mol. The quantitative estimate of drug-likeness (QED) is 0.167. The lowest BCUT2D eigenvalue weighted by atomic mass is 9.91. The van der Waals surface area contributed by atoms with Gasteiger partial charge in [-0.25, -0.2) is 4.98 Å². The molecule has 0 atom stereocenters. The molecule has 246 valence electrons. The number of hydrogen-bond acceptors (Lipinski definition) is 3. The Kier molecular flexibility index (Phi) is 7.60. The topological polar surface area (TPSA) is 19.4 Å². The highest BCUT2D eigenvalue weighted by molar-refractivity contribution is 6.28. The van der Waals surface area contributed by atoms with Crippen molar-refractivity contribution in [1.82, 2.24) is 4.98 Å². The normalized spacial score (nSPS) is 11.6. The minimum absolute atomic E-state index is 0.919. The molecule has 0 spiro atoms. The van der Waals surface area contributed by atoms with E-state index in [1.165, 1.54) is 76.9 Å². The first-order valence-electron chi connectivity index (χ1n) is 17.6. The van der Waals surface area contributed by atoms with Crippen LogP contribution in [-0.4, -0.2) is 4.98 Å². The SMILES string of the molecule is Cc1ccc(N(c2ccc(C)c(C)c2)c2ccc3ccc4c(N(c5ccc(C)c(C)c5)c5ccc(C)c(C)n5)ccc5ccc2c3c54)cc1C. The van der Waals surface area contributed by atoms with Gasteiger partial charge in [-0.1, -0.05) is 60.7 Å². The van der Waals surface area contributed by atoms with Crippen molar-refractivity contribution in [2.45, 2.75) is 55.4 Å². The molecule has 0 fully saturated rings. The van der Waals surface area contributed by atoms with E-state index in [2.05, 4.69) is 180 Å². The van der Waals surface area contributed by atoms with Crippen LogP contribution in [0.4, 0.5) is 34.3 Å². The molecule has 0 radical (unpaired) electrons. The number of benzene rings is 7. The van der Waals surface area contributed by atoms with Crippen LogP contribution in [0.25, 0.3) is 32.3 Å². The molecule has 0 aliphatic carbocycles. The van der Waals surface area contributed by atoms with Crippen molar-refractivity contribution in [2.24, 2.45) is 0 Å². The van der Waals surface area contributed by atoms with Crippen LogP contribution in [0.1, 0.15) is 44.6 Å². The average Bonchev–Trinajstić information content (AvgIpc) is 3.11. The van der Waals surface area contributed by atoms with Crippen molar-refractivity contribution >= 4 is 66.6 Å². The zero-order valence-electron chi connectivity index (χ0n) is 30.3. The van der Waals surface area contributed by atoms with Gasteiger partial charge in [-0.05, 0) is 170 Å². The monoisotopic (exact) mass is 649 g/mol. The number of hydrogen-bond donors (Lipinski definition) is 0. The zero-order chi connectivity index (χ0) is 34.8. The summed E-state index contributed by atoms with van der Waals surface area (Å²) in [6.07, 6.45) is 0. The fraction of sp³-hybridized carbons (Fsp3) is 0.170. The summed E-state index contributed by atoms with van der Waals surface area (Å²) in [7, 11) is 0. The summed E-state index contributed by atoms with van der Waals surface area (Å²) in [5.74, 6) is 0.919. The van der Waals surface area contributed by atoms with Gasteiger partial charge in [-0.15, -0.1) is 0 Å². The van der Waals surface area contributed by atoms with Crippen molar-refractivity contribution in [2.75, 3.05) is 9.80 Å². The Hall–Kier alpha value is -5.67. The molecular formula is C47H43N3. The first-order valence-corrected chi connectivity index (χ1v) is 17.6. The Bertz CT molecular complexity index is 2310. The smallest absolute Gasteiger partial charge is 0.137 e. The number of aryl methyl sites for hydroxylation is 8. The first-order chi connectivity index (χ1) is 24.1. The Morgan fingerprint density at radius 3 is 1.20 bits per heavy atom. The summed E-state index contributed by atoms with van der Waals surface area (Å²) in [5.41, 5.74) is 15.6. The molecule has 0 aliphatic heterocycles. The first kappa shape index (κ1) is 31.6. The highest BCUT2D eigenvalue weighted by Gasteiger charge is 2.23. The molecule has 1 heterocycles. The molecule has 1 aromatic heterocycles. The largest absolute Gasteiger partial charge is 0.310 e. The molecule has 7 aromatic carbocycles. The number of nitrogens with zero attached hydrogens (tertiary/aromatic N) is 3. The van der Waals surface area contributed by atoms with Crippen molar-refractivity contribution < 1.29 is 0 Å². The van der Waals surface area contributed by atoms with E-state index in [9.17, 15) is 0 Å². The van der Waals surface area contributed by atoms with Gasteiger partial charge >= 0.3 is 0 Å². The highest BCUT2D eigenvalue weighted by Crippen LogP contribution is 2.47. The van der Waals surface area contributed by atoms with Crippen LogP contribution < -0.4 is 9.80 Å². The fourth-order valence-electron chi connectivity index (χ4n) is 7.32. The summed E-state index contributed by atoms with van der Waals surface area (Å²) in [6.45, 7) is 17.4. The summed E-state index contributed by atoms with van der Waals surface area (Å²) < 4.78 is 0. The molecule has 0 saturated carbocycles. The summed E-state index contributed by atoms with van der Waals surface area (Å²) in [5, 5.41) is 7.47. The molecule has 8 rings (SSSR count). The minimum Gasteiger partial charge on any atom is -0.310 e. The number of anilines is 6. The lowest BCUT2D eigenvalue weighted by molar-refractivity contribution is 1.10. The third-order valence-electron chi connectivity index (χ3n) is 10.9. The molecule has 0 N–H and O–H groups in total. The molecular weight excluding hydrogens is 607 g/mol. The number of aromatic nitrogens is 1. The van der Waals surface area contributed by atoms with E-state index in [0.29, 0.717) is 0 Å². The highest BCUT2D eigenvalue weighted by atomic mass is 15.2. The molecule has 0 amide bonds. The van der Waals surface area contributed by atoms with Crippen LogP contribution in [0.15, 0.2) is 115 Å². The molecule has 3 heteroatoms. The molecule has 50 heavy (non-hydrogen) atoms. The van der Waals surface area contributed by atoms with Crippen molar-refractivity contribution in [3.05, 3.63) is 160 Å². The Labute approximate surface area is 295 Å². The van der Waals surface area contributed by atoms with Gasteiger partial charge in [-0.3, -0.25) is 4.90 Å². The van der Waals surface area contributed by atoms with E-state index in [0.717, 1.165) is 34.3 Å².